The molecule has 0 aromatic heterocycles. The Balaban J connectivity index is 2.07. The molecule has 1 fully saturated rings. The molecule has 122 valence electrons. The average Bonchev–Trinajstić information content (AvgIpc) is 2.56. The van der Waals surface area contributed by atoms with E-state index in [1.165, 1.54) is 12.1 Å². The first-order valence-corrected chi connectivity index (χ1v) is 7.67. The van der Waals surface area contributed by atoms with Crippen molar-refractivity contribution in [2.75, 3.05) is 39.4 Å². The first-order chi connectivity index (χ1) is 10.6. The molecule has 0 bridgehead atoms. The molecule has 2 unspecified atom stereocenters. The number of hydrogen-bond donors (Lipinski definition) is 2. The van der Waals surface area contributed by atoms with Gasteiger partial charge in [-0.25, -0.2) is 4.39 Å². The molecule has 0 spiro atoms. The Bertz CT molecular complexity index is 475. The summed E-state index contributed by atoms with van der Waals surface area (Å²) in [6.45, 7) is 5.54. The second-order valence-corrected chi connectivity index (χ2v) is 5.60. The van der Waals surface area contributed by atoms with Crippen LogP contribution in [0.1, 0.15) is 18.5 Å². The maximum absolute atomic E-state index is 13.1. The molecular formula is C16H24FN3O2. The van der Waals surface area contributed by atoms with Crippen LogP contribution in [0.15, 0.2) is 24.3 Å². The van der Waals surface area contributed by atoms with Crippen molar-refractivity contribution in [2.45, 2.75) is 13.0 Å². The molecule has 1 aliphatic heterocycles. The maximum Gasteiger partial charge on any atom is 0.224 e. The third-order valence-corrected chi connectivity index (χ3v) is 4.01. The fourth-order valence-electron chi connectivity index (χ4n) is 2.51. The van der Waals surface area contributed by atoms with Crippen LogP contribution in [0, 0.1) is 11.7 Å². The normalized spacial score (nSPS) is 18.7. The molecule has 1 aliphatic rings. The largest absolute Gasteiger partial charge is 0.379 e. The van der Waals surface area contributed by atoms with Crippen molar-refractivity contribution < 1.29 is 13.9 Å². The summed E-state index contributed by atoms with van der Waals surface area (Å²) in [5, 5.41) is 2.95. The molecule has 1 aromatic rings. The topological polar surface area (TPSA) is 67.6 Å². The van der Waals surface area contributed by atoms with Crippen molar-refractivity contribution in [3.05, 3.63) is 35.6 Å². The van der Waals surface area contributed by atoms with Gasteiger partial charge in [-0.05, 0) is 17.7 Å². The van der Waals surface area contributed by atoms with Gasteiger partial charge >= 0.3 is 0 Å². The standard InChI is InChI=1S/C16H24FN3O2/c1-12(10-18)16(21)19-11-15(20-6-8-22-9-7-20)13-2-4-14(17)5-3-13/h2-5,12,15H,6-11,18H2,1H3,(H,19,21). The maximum atomic E-state index is 13.1. The molecule has 22 heavy (non-hydrogen) atoms. The van der Waals surface area contributed by atoms with Crippen LogP contribution in [0.25, 0.3) is 0 Å². The Morgan fingerprint density at radius 2 is 2.00 bits per heavy atom. The first-order valence-electron chi connectivity index (χ1n) is 7.67. The first kappa shape index (κ1) is 16.9. The van der Waals surface area contributed by atoms with E-state index in [1.807, 2.05) is 0 Å². The second-order valence-electron chi connectivity index (χ2n) is 5.60. The lowest BCUT2D eigenvalue weighted by Gasteiger charge is -2.35. The van der Waals surface area contributed by atoms with E-state index in [9.17, 15) is 9.18 Å². The van der Waals surface area contributed by atoms with Gasteiger partial charge in [0.15, 0.2) is 0 Å². The van der Waals surface area contributed by atoms with Gasteiger partial charge in [0.05, 0.1) is 19.3 Å². The van der Waals surface area contributed by atoms with Crippen molar-refractivity contribution >= 4 is 5.91 Å². The van der Waals surface area contributed by atoms with E-state index in [2.05, 4.69) is 10.2 Å². The van der Waals surface area contributed by atoms with Gasteiger partial charge in [-0.2, -0.15) is 0 Å². The number of nitrogens with one attached hydrogen (secondary N) is 1. The van der Waals surface area contributed by atoms with Gasteiger partial charge in [-0.3, -0.25) is 9.69 Å². The van der Waals surface area contributed by atoms with Crippen LogP contribution in [0.4, 0.5) is 4.39 Å². The number of ether oxygens (including phenoxy) is 1. The molecule has 1 saturated heterocycles. The lowest BCUT2D eigenvalue weighted by molar-refractivity contribution is -0.124. The quantitative estimate of drug-likeness (QED) is 0.820. The lowest BCUT2D eigenvalue weighted by Crippen LogP contribution is -2.45. The fourth-order valence-corrected chi connectivity index (χ4v) is 2.51. The summed E-state index contributed by atoms with van der Waals surface area (Å²) >= 11 is 0. The number of nitrogens with two attached hydrogens (primary N) is 1. The number of benzene rings is 1. The van der Waals surface area contributed by atoms with E-state index in [1.54, 1.807) is 19.1 Å². The Kier molecular flexibility index (Phi) is 6.30. The monoisotopic (exact) mass is 309 g/mol. The second kappa shape index (κ2) is 8.22. The third kappa shape index (κ3) is 4.50. The summed E-state index contributed by atoms with van der Waals surface area (Å²) in [5.74, 6) is -0.522. The molecule has 0 radical (unpaired) electrons. The average molecular weight is 309 g/mol. The van der Waals surface area contributed by atoms with Gasteiger partial charge in [0.2, 0.25) is 5.91 Å². The SMILES string of the molecule is CC(CN)C(=O)NCC(c1ccc(F)cc1)N1CCOCC1. The summed E-state index contributed by atoms with van der Waals surface area (Å²) in [6.07, 6.45) is 0. The Labute approximate surface area is 130 Å². The van der Waals surface area contributed by atoms with Crippen molar-refractivity contribution in [1.29, 1.82) is 0 Å². The van der Waals surface area contributed by atoms with E-state index in [4.69, 9.17) is 10.5 Å². The molecule has 5 nitrogen and oxygen atoms in total. The van der Waals surface area contributed by atoms with Crippen LogP contribution in [-0.2, 0) is 9.53 Å². The Hall–Kier alpha value is -1.50. The number of hydrogen-bond acceptors (Lipinski definition) is 4. The Morgan fingerprint density at radius 3 is 2.59 bits per heavy atom. The summed E-state index contributed by atoms with van der Waals surface area (Å²) in [6, 6.07) is 6.46. The third-order valence-electron chi connectivity index (χ3n) is 4.01. The lowest BCUT2D eigenvalue weighted by atomic mass is 10.0. The predicted octanol–water partition coefficient (Wildman–Crippen LogP) is 0.910. The van der Waals surface area contributed by atoms with Crippen molar-refractivity contribution in [2.24, 2.45) is 11.7 Å². The van der Waals surface area contributed by atoms with E-state index in [-0.39, 0.29) is 23.7 Å². The molecular weight excluding hydrogens is 285 g/mol. The van der Waals surface area contributed by atoms with E-state index < -0.39 is 0 Å². The van der Waals surface area contributed by atoms with Gasteiger partial charge in [-0.15, -0.1) is 0 Å². The summed E-state index contributed by atoms with van der Waals surface area (Å²) in [7, 11) is 0. The number of nitrogens with zero attached hydrogens (tertiary/aromatic N) is 1. The zero-order valence-corrected chi connectivity index (χ0v) is 12.9. The molecule has 3 N–H and O–H groups in total. The van der Waals surface area contributed by atoms with Gasteiger partial charge in [0.25, 0.3) is 0 Å². The smallest absolute Gasteiger partial charge is 0.224 e. The highest BCUT2D eigenvalue weighted by Crippen LogP contribution is 2.21. The summed E-state index contributed by atoms with van der Waals surface area (Å²) < 4.78 is 18.5. The number of rotatable bonds is 6. The molecule has 6 heteroatoms. The number of amides is 1. The highest BCUT2D eigenvalue weighted by molar-refractivity contribution is 5.78. The van der Waals surface area contributed by atoms with Gasteiger partial charge in [0.1, 0.15) is 5.82 Å². The van der Waals surface area contributed by atoms with Gasteiger partial charge in [0, 0.05) is 32.1 Å². The van der Waals surface area contributed by atoms with E-state index in [0.717, 1.165) is 18.7 Å². The van der Waals surface area contributed by atoms with Crippen molar-refractivity contribution in [3.8, 4) is 0 Å². The zero-order valence-electron chi connectivity index (χ0n) is 12.9. The molecule has 1 amide bonds. The molecule has 2 atom stereocenters. The summed E-state index contributed by atoms with van der Waals surface area (Å²) in [5.41, 5.74) is 6.51. The minimum Gasteiger partial charge on any atom is -0.379 e. The number of halogens is 1. The van der Waals surface area contributed by atoms with E-state index in [0.29, 0.717) is 26.3 Å². The minimum absolute atomic E-state index is 0.0124. The van der Waals surface area contributed by atoms with Crippen LogP contribution in [0.3, 0.4) is 0 Å². The Morgan fingerprint density at radius 1 is 1.36 bits per heavy atom. The summed E-state index contributed by atoms with van der Waals surface area (Å²) in [4.78, 5) is 14.2. The minimum atomic E-state index is -0.259. The van der Waals surface area contributed by atoms with Crippen LogP contribution in [0.2, 0.25) is 0 Å². The zero-order chi connectivity index (χ0) is 15.9. The number of carbonyl (C=O) groups is 1. The van der Waals surface area contributed by atoms with Crippen LogP contribution in [-0.4, -0.2) is 50.2 Å². The van der Waals surface area contributed by atoms with Crippen molar-refractivity contribution in [3.63, 3.8) is 0 Å². The highest BCUT2D eigenvalue weighted by Gasteiger charge is 2.23. The number of carbonyl (C=O) groups excluding carboxylic acids is 1. The van der Waals surface area contributed by atoms with Gasteiger partial charge < -0.3 is 15.8 Å². The molecule has 1 aromatic carbocycles. The number of morpholine rings is 1. The molecule has 1 heterocycles. The van der Waals surface area contributed by atoms with Crippen LogP contribution in [0.5, 0.6) is 0 Å². The predicted molar refractivity (Wildman–Crippen MR) is 82.8 cm³/mol. The molecule has 0 saturated carbocycles. The molecule has 2 rings (SSSR count). The van der Waals surface area contributed by atoms with Crippen LogP contribution < -0.4 is 11.1 Å². The van der Waals surface area contributed by atoms with Crippen molar-refractivity contribution in [1.82, 2.24) is 10.2 Å². The molecule has 0 aliphatic carbocycles. The fraction of sp³-hybridized carbons (Fsp3) is 0.562. The van der Waals surface area contributed by atoms with Crippen LogP contribution >= 0.6 is 0 Å². The highest BCUT2D eigenvalue weighted by atomic mass is 19.1. The van der Waals surface area contributed by atoms with Gasteiger partial charge in [-0.1, -0.05) is 19.1 Å². The van der Waals surface area contributed by atoms with E-state index >= 15 is 0 Å².